The van der Waals surface area contributed by atoms with Gasteiger partial charge in [0.1, 0.15) is 11.6 Å². The number of rotatable bonds is 5. The standard InChI is InChI=1S/C18H20FNO4S/c1-2-23-16-7-9-17(10-8-16)25(21,22)20-11-12-24-18(13-20)14-3-5-15(19)6-4-14/h3-10,18H,2,11-13H2,1H3. The molecule has 25 heavy (non-hydrogen) atoms. The molecule has 5 nitrogen and oxygen atoms in total. The van der Waals surface area contributed by atoms with Gasteiger partial charge in [0.2, 0.25) is 10.0 Å². The van der Waals surface area contributed by atoms with Gasteiger partial charge in [0.25, 0.3) is 0 Å². The molecule has 0 N–H and O–H groups in total. The van der Waals surface area contributed by atoms with Gasteiger partial charge >= 0.3 is 0 Å². The molecule has 1 aliphatic rings. The third-order valence-corrected chi connectivity index (χ3v) is 5.92. The van der Waals surface area contributed by atoms with Gasteiger partial charge in [-0.25, -0.2) is 12.8 Å². The molecule has 0 saturated carbocycles. The molecule has 1 unspecified atom stereocenters. The molecule has 0 aromatic heterocycles. The number of hydrogen-bond donors (Lipinski definition) is 0. The van der Waals surface area contributed by atoms with Crippen LogP contribution in [0.5, 0.6) is 5.75 Å². The highest BCUT2D eigenvalue weighted by molar-refractivity contribution is 7.89. The number of halogens is 1. The Balaban J connectivity index is 1.78. The summed E-state index contributed by atoms with van der Waals surface area (Å²) in [6, 6.07) is 12.3. The number of hydrogen-bond acceptors (Lipinski definition) is 4. The SMILES string of the molecule is CCOc1ccc(S(=O)(=O)N2CCOC(c3ccc(F)cc3)C2)cc1. The molecule has 134 valence electrons. The van der Waals surface area contributed by atoms with E-state index in [4.69, 9.17) is 9.47 Å². The Morgan fingerprint density at radius 3 is 2.48 bits per heavy atom. The molecule has 1 aliphatic heterocycles. The molecule has 0 spiro atoms. The molecule has 2 aromatic rings. The highest BCUT2D eigenvalue weighted by atomic mass is 32.2. The van der Waals surface area contributed by atoms with Crippen LogP contribution < -0.4 is 4.74 Å². The summed E-state index contributed by atoms with van der Waals surface area (Å²) in [7, 11) is -3.62. The lowest BCUT2D eigenvalue weighted by molar-refractivity contribution is -0.00258. The van der Waals surface area contributed by atoms with Crippen molar-refractivity contribution in [2.75, 3.05) is 26.3 Å². The second-order valence-corrected chi connectivity index (χ2v) is 7.62. The highest BCUT2D eigenvalue weighted by Gasteiger charge is 2.31. The maximum atomic E-state index is 13.1. The Kier molecular flexibility index (Phi) is 5.36. The van der Waals surface area contributed by atoms with Gasteiger partial charge in [-0.15, -0.1) is 0 Å². The van der Waals surface area contributed by atoms with Crippen LogP contribution in [-0.2, 0) is 14.8 Å². The van der Waals surface area contributed by atoms with Crippen molar-refractivity contribution < 1.29 is 22.3 Å². The molecule has 0 bridgehead atoms. The average Bonchev–Trinajstić information content (AvgIpc) is 2.63. The van der Waals surface area contributed by atoms with Crippen molar-refractivity contribution in [1.29, 1.82) is 0 Å². The Labute approximate surface area is 147 Å². The van der Waals surface area contributed by atoms with Gasteiger partial charge in [-0.1, -0.05) is 12.1 Å². The van der Waals surface area contributed by atoms with E-state index >= 15 is 0 Å². The normalized spacial score (nSPS) is 18.9. The van der Waals surface area contributed by atoms with Gasteiger partial charge in [0, 0.05) is 13.1 Å². The quantitative estimate of drug-likeness (QED) is 0.817. The predicted molar refractivity (Wildman–Crippen MR) is 91.5 cm³/mol. The summed E-state index contributed by atoms with van der Waals surface area (Å²) in [6.07, 6.45) is -0.410. The summed E-state index contributed by atoms with van der Waals surface area (Å²) in [5.74, 6) is 0.297. The number of sulfonamides is 1. The zero-order valence-corrected chi connectivity index (χ0v) is 14.7. The number of ether oxygens (including phenoxy) is 2. The van der Waals surface area contributed by atoms with E-state index in [2.05, 4.69) is 0 Å². The van der Waals surface area contributed by atoms with E-state index in [1.807, 2.05) is 6.92 Å². The second kappa shape index (κ2) is 7.51. The second-order valence-electron chi connectivity index (χ2n) is 5.68. The summed E-state index contributed by atoms with van der Waals surface area (Å²) < 4.78 is 51.2. The predicted octanol–water partition coefficient (Wildman–Crippen LogP) is 2.99. The van der Waals surface area contributed by atoms with E-state index in [0.29, 0.717) is 12.4 Å². The zero-order chi connectivity index (χ0) is 17.9. The first-order valence-electron chi connectivity index (χ1n) is 8.11. The third-order valence-electron chi connectivity index (χ3n) is 4.04. The first-order valence-corrected chi connectivity index (χ1v) is 9.55. The molecule has 7 heteroatoms. The Morgan fingerprint density at radius 1 is 1.16 bits per heavy atom. The van der Waals surface area contributed by atoms with Gasteiger partial charge in [-0.2, -0.15) is 4.31 Å². The van der Waals surface area contributed by atoms with Crippen molar-refractivity contribution >= 4 is 10.0 Å². The maximum Gasteiger partial charge on any atom is 0.243 e. The van der Waals surface area contributed by atoms with Gasteiger partial charge in [0.05, 0.1) is 24.2 Å². The van der Waals surface area contributed by atoms with Crippen LogP contribution >= 0.6 is 0 Å². The van der Waals surface area contributed by atoms with Crippen LogP contribution in [0.2, 0.25) is 0 Å². The molecule has 2 aromatic carbocycles. The fraction of sp³-hybridized carbons (Fsp3) is 0.333. The average molecular weight is 365 g/mol. The van der Waals surface area contributed by atoms with Crippen molar-refractivity contribution in [3.05, 3.63) is 59.9 Å². The van der Waals surface area contributed by atoms with Crippen LogP contribution in [0.1, 0.15) is 18.6 Å². The summed E-state index contributed by atoms with van der Waals surface area (Å²) in [6.45, 7) is 3.16. The Morgan fingerprint density at radius 2 is 1.84 bits per heavy atom. The molecular formula is C18H20FNO4S. The van der Waals surface area contributed by atoms with Crippen LogP contribution in [0.3, 0.4) is 0 Å². The molecule has 1 fully saturated rings. The van der Waals surface area contributed by atoms with Crippen molar-refractivity contribution in [3.63, 3.8) is 0 Å². The minimum Gasteiger partial charge on any atom is -0.494 e. The van der Waals surface area contributed by atoms with Gasteiger partial charge in [-0.05, 0) is 48.9 Å². The van der Waals surface area contributed by atoms with Crippen molar-refractivity contribution in [2.24, 2.45) is 0 Å². The summed E-state index contributed by atoms with van der Waals surface area (Å²) in [5.41, 5.74) is 0.757. The minimum atomic E-state index is -3.62. The molecule has 1 heterocycles. The molecule has 0 radical (unpaired) electrons. The van der Waals surface area contributed by atoms with E-state index in [-0.39, 0.29) is 30.4 Å². The summed E-state index contributed by atoms with van der Waals surface area (Å²) in [5, 5.41) is 0. The van der Waals surface area contributed by atoms with Crippen LogP contribution in [0, 0.1) is 5.82 Å². The topological polar surface area (TPSA) is 55.8 Å². The van der Waals surface area contributed by atoms with Crippen molar-refractivity contribution in [3.8, 4) is 5.75 Å². The van der Waals surface area contributed by atoms with E-state index in [0.717, 1.165) is 5.56 Å². The molecule has 3 rings (SSSR count). The first-order chi connectivity index (χ1) is 12.0. The van der Waals surface area contributed by atoms with E-state index in [1.165, 1.54) is 16.4 Å². The molecule has 1 saturated heterocycles. The number of nitrogens with zero attached hydrogens (tertiary/aromatic N) is 1. The fourth-order valence-electron chi connectivity index (χ4n) is 2.75. The fourth-order valence-corrected chi connectivity index (χ4v) is 4.17. The van der Waals surface area contributed by atoms with E-state index in [9.17, 15) is 12.8 Å². The monoisotopic (exact) mass is 365 g/mol. The number of benzene rings is 2. The highest BCUT2D eigenvalue weighted by Crippen LogP contribution is 2.27. The van der Waals surface area contributed by atoms with E-state index in [1.54, 1.807) is 36.4 Å². The lowest BCUT2D eigenvalue weighted by Crippen LogP contribution is -2.42. The van der Waals surface area contributed by atoms with Crippen LogP contribution in [-0.4, -0.2) is 39.0 Å². The Bertz CT molecular complexity index is 806. The third kappa shape index (κ3) is 4.00. The maximum absolute atomic E-state index is 13.1. The van der Waals surface area contributed by atoms with Gasteiger partial charge in [0.15, 0.2) is 0 Å². The van der Waals surface area contributed by atoms with Crippen LogP contribution in [0.25, 0.3) is 0 Å². The molecule has 0 aliphatic carbocycles. The van der Waals surface area contributed by atoms with Crippen molar-refractivity contribution in [1.82, 2.24) is 4.31 Å². The zero-order valence-electron chi connectivity index (χ0n) is 13.9. The van der Waals surface area contributed by atoms with E-state index < -0.39 is 16.1 Å². The molecule has 1 atom stereocenters. The lowest BCUT2D eigenvalue weighted by Gasteiger charge is -2.32. The van der Waals surface area contributed by atoms with Gasteiger partial charge in [-0.3, -0.25) is 0 Å². The summed E-state index contributed by atoms with van der Waals surface area (Å²) in [4.78, 5) is 0.218. The molecule has 0 amide bonds. The molecular weight excluding hydrogens is 345 g/mol. The Hall–Kier alpha value is -1.96. The van der Waals surface area contributed by atoms with Crippen LogP contribution in [0.4, 0.5) is 4.39 Å². The van der Waals surface area contributed by atoms with Crippen molar-refractivity contribution in [2.45, 2.75) is 17.9 Å². The van der Waals surface area contributed by atoms with Crippen LogP contribution in [0.15, 0.2) is 53.4 Å². The summed E-state index contributed by atoms with van der Waals surface area (Å²) >= 11 is 0. The van der Waals surface area contributed by atoms with Gasteiger partial charge < -0.3 is 9.47 Å². The lowest BCUT2D eigenvalue weighted by atomic mass is 10.1. The minimum absolute atomic E-state index is 0.196. The largest absolute Gasteiger partial charge is 0.494 e. The first kappa shape index (κ1) is 17.8. The smallest absolute Gasteiger partial charge is 0.243 e. The number of morpholine rings is 1.